The maximum atomic E-state index is 12.2. The molecule has 9 heteroatoms. The highest BCUT2D eigenvalue weighted by Gasteiger charge is 2.23. The number of anilines is 2. The fourth-order valence-electron chi connectivity index (χ4n) is 3.83. The number of guanidine groups is 1. The molecule has 174 valence electrons. The molecule has 1 aromatic heterocycles. The highest BCUT2D eigenvalue weighted by Crippen LogP contribution is 2.19. The van der Waals surface area contributed by atoms with Crippen molar-refractivity contribution in [1.29, 1.82) is 0 Å². The Bertz CT molecular complexity index is 1040. The molecule has 1 aliphatic rings. The first-order chi connectivity index (χ1) is 15.7. The minimum atomic E-state index is -0.111. The summed E-state index contributed by atoms with van der Waals surface area (Å²) in [7, 11) is 1.78. The number of benzene rings is 2. The topological polar surface area (TPSA) is 86.6 Å². The Hall–Kier alpha value is -3.08. The molecule has 1 unspecified atom stereocenters. The number of nitrogens with one attached hydrogen (secondary N) is 3. The average molecular weight is 559 g/mol. The Morgan fingerprint density at radius 2 is 2.00 bits per heavy atom. The first kappa shape index (κ1) is 24.6. The van der Waals surface area contributed by atoms with Crippen molar-refractivity contribution in [2.75, 3.05) is 30.4 Å². The second-order valence-electron chi connectivity index (χ2n) is 7.79. The summed E-state index contributed by atoms with van der Waals surface area (Å²) in [6.45, 7) is 2.77. The third kappa shape index (κ3) is 7.21. The molecular weight excluding hydrogens is 529 g/mol. The number of nitrogens with zero attached hydrogens (tertiary/aromatic N) is 4. The van der Waals surface area contributed by atoms with Crippen LogP contribution in [0.15, 0.2) is 78.0 Å². The zero-order chi connectivity index (χ0) is 22.2. The van der Waals surface area contributed by atoms with Crippen molar-refractivity contribution in [2.24, 2.45) is 4.99 Å². The van der Waals surface area contributed by atoms with Crippen LogP contribution in [0.2, 0.25) is 0 Å². The van der Waals surface area contributed by atoms with E-state index in [-0.39, 0.29) is 36.4 Å². The molecule has 8 nitrogen and oxygen atoms in total. The van der Waals surface area contributed by atoms with Gasteiger partial charge in [-0.2, -0.15) is 5.10 Å². The van der Waals surface area contributed by atoms with Crippen LogP contribution in [0.5, 0.6) is 0 Å². The first-order valence-electron chi connectivity index (χ1n) is 10.8. The lowest BCUT2D eigenvalue weighted by Gasteiger charge is -2.20. The molecule has 33 heavy (non-hydrogen) atoms. The van der Waals surface area contributed by atoms with Gasteiger partial charge in [-0.25, -0.2) is 0 Å². The summed E-state index contributed by atoms with van der Waals surface area (Å²) in [5.41, 5.74) is 3.08. The summed E-state index contributed by atoms with van der Waals surface area (Å²) >= 11 is 0. The van der Waals surface area contributed by atoms with Crippen molar-refractivity contribution in [3.8, 4) is 0 Å². The lowest BCUT2D eigenvalue weighted by atomic mass is 10.2. The monoisotopic (exact) mass is 559 g/mol. The molecule has 4 rings (SSSR count). The normalized spacial score (nSPS) is 15.6. The number of halogens is 1. The van der Waals surface area contributed by atoms with E-state index in [9.17, 15) is 4.79 Å². The van der Waals surface area contributed by atoms with Gasteiger partial charge in [-0.1, -0.05) is 30.3 Å². The number of aliphatic imine (C=N–C) groups is 1. The molecule has 0 spiro atoms. The Morgan fingerprint density at radius 1 is 1.15 bits per heavy atom. The molecule has 2 heterocycles. The highest BCUT2D eigenvalue weighted by molar-refractivity contribution is 14.0. The Kier molecular flexibility index (Phi) is 9.11. The van der Waals surface area contributed by atoms with E-state index in [1.54, 1.807) is 30.2 Å². The van der Waals surface area contributed by atoms with Gasteiger partial charge in [-0.15, -0.1) is 24.0 Å². The van der Waals surface area contributed by atoms with Crippen LogP contribution >= 0.6 is 24.0 Å². The summed E-state index contributed by atoms with van der Waals surface area (Å²) in [6.07, 6.45) is 4.49. The van der Waals surface area contributed by atoms with E-state index in [0.29, 0.717) is 12.6 Å². The van der Waals surface area contributed by atoms with Crippen LogP contribution in [-0.2, 0) is 17.9 Å². The van der Waals surface area contributed by atoms with E-state index in [1.165, 1.54) is 5.69 Å². The van der Waals surface area contributed by atoms with Crippen LogP contribution in [0.4, 0.5) is 11.4 Å². The molecule has 3 aromatic rings. The molecule has 3 N–H and O–H groups in total. The van der Waals surface area contributed by atoms with Crippen molar-refractivity contribution in [2.45, 2.75) is 25.6 Å². The largest absolute Gasteiger partial charge is 0.369 e. The lowest BCUT2D eigenvalue weighted by molar-refractivity contribution is -0.116. The molecule has 2 aromatic carbocycles. The van der Waals surface area contributed by atoms with Gasteiger partial charge in [0.1, 0.15) is 6.54 Å². The maximum Gasteiger partial charge on any atom is 0.246 e. The Labute approximate surface area is 211 Å². The molecule has 1 fully saturated rings. The third-order valence-corrected chi connectivity index (χ3v) is 5.41. The van der Waals surface area contributed by atoms with Crippen LogP contribution in [-0.4, -0.2) is 47.8 Å². The highest BCUT2D eigenvalue weighted by atomic mass is 127. The minimum Gasteiger partial charge on any atom is -0.369 e. The van der Waals surface area contributed by atoms with Gasteiger partial charge in [0.25, 0.3) is 0 Å². The number of rotatable bonds is 7. The summed E-state index contributed by atoms with van der Waals surface area (Å²) in [6, 6.07) is 20.4. The lowest BCUT2D eigenvalue weighted by Crippen LogP contribution is -2.44. The van der Waals surface area contributed by atoms with Gasteiger partial charge in [0.2, 0.25) is 5.91 Å². The number of amides is 1. The van der Waals surface area contributed by atoms with Gasteiger partial charge >= 0.3 is 0 Å². The number of para-hydroxylation sites is 1. The van der Waals surface area contributed by atoms with Crippen LogP contribution in [0, 0.1) is 0 Å². The van der Waals surface area contributed by atoms with E-state index in [4.69, 9.17) is 0 Å². The predicted octanol–water partition coefficient (Wildman–Crippen LogP) is 3.08. The third-order valence-electron chi connectivity index (χ3n) is 5.41. The molecule has 1 saturated heterocycles. The zero-order valence-corrected chi connectivity index (χ0v) is 21.0. The number of aromatic nitrogens is 2. The molecular formula is C24H30IN7O. The number of carbonyl (C=O) groups excluding carboxylic acids is 1. The van der Waals surface area contributed by atoms with Gasteiger partial charge < -0.3 is 20.9 Å². The van der Waals surface area contributed by atoms with Crippen LogP contribution in [0.3, 0.4) is 0 Å². The fraction of sp³-hybridized carbons (Fsp3) is 0.292. The predicted molar refractivity (Wildman–Crippen MR) is 143 cm³/mol. The van der Waals surface area contributed by atoms with Crippen molar-refractivity contribution in [3.05, 3.63) is 78.6 Å². The van der Waals surface area contributed by atoms with Crippen molar-refractivity contribution in [3.63, 3.8) is 0 Å². The standard InChI is InChI=1S/C24H29N7O.HI/c1-25-24(29-21-11-14-30(17-21)22-9-3-2-4-10-22)26-16-19-7-5-8-20(15-19)28-23(32)18-31-13-6-12-27-31;/h2-10,12-13,15,21H,11,14,16-18H2,1H3,(H,28,32)(H2,25,26,29);1H. The molecule has 0 aliphatic carbocycles. The van der Waals surface area contributed by atoms with Gasteiger partial charge in [-0.3, -0.25) is 14.5 Å². The molecule has 1 aliphatic heterocycles. The Balaban J connectivity index is 0.00000306. The van der Waals surface area contributed by atoms with E-state index < -0.39 is 0 Å². The van der Waals surface area contributed by atoms with E-state index in [1.807, 2.05) is 30.3 Å². The second kappa shape index (κ2) is 12.2. The average Bonchev–Trinajstić information content (AvgIpc) is 3.49. The van der Waals surface area contributed by atoms with E-state index in [2.05, 4.69) is 55.2 Å². The zero-order valence-electron chi connectivity index (χ0n) is 18.6. The Morgan fingerprint density at radius 3 is 2.76 bits per heavy atom. The molecule has 0 saturated carbocycles. The number of hydrogen-bond acceptors (Lipinski definition) is 4. The van der Waals surface area contributed by atoms with Gasteiger partial charge in [0.15, 0.2) is 5.96 Å². The number of hydrogen-bond donors (Lipinski definition) is 3. The quantitative estimate of drug-likeness (QED) is 0.236. The first-order valence-corrected chi connectivity index (χ1v) is 10.8. The maximum absolute atomic E-state index is 12.2. The van der Waals surface area contributed by atoms with Crippen molar-refractivity contribution in [1.82, 2.24) is 20.4 Å². The summed E-state index contributed by atoms with van der Waals surface area (Å²) in [5, 5.41) is 13.9. The van der Waals surface area contributed by atoms with Gasteiger partial charge in [0, 0.05) is 56.5 Å². The molecule has 0 radical (unpaired) electrons. The summed E-state index contributed by atoms with van der Waals surface area (Å²) < 4.78 is 1.60. The van der Waals surface area contributed by atoms with E-state index >= 15 is 0 Å². The van der Waals surface area contributed by atoms with E-state index in [0.717, 1.165) is 36.7 Å². The fourth-order valence-corrected chi connectivity index (χ4v) is 3.83. The van der Waals surface area contributed by atoms with Crippen molar-refractivity contribution >= 4 is 47.2 Å². The molecule has 1 atom stereocenters. The molecule has 0 bridgehead atoms. The van der Waals surface area contributed by atoms with Crippen LogP contribution in [0.1, 0.15) is 12.0 Å². The van der Waals surface area contributed by atoms with Crippen molar-refractivity contribution < 1.29 is 4.79 Å². The molecule has 1 amide bonds. The SMILES string of the molecule is CN=C(NCc1cccc(NC(=O)Cn2cccn2)c1)NC1CCN(c2ccccc2)C1.I. The smallest absolute Gasteiger partial charge is 0.246 e. The minimum absolute atomic E-state index is 0. The summed E-state index contributed by atoms with van der Waals surface area (Å²) in [4.78, 5) is 19.0. The second-order valence-corrected chi connectivity index (χ2v) is 7.79. The van der Waals surface area contributed by atoms with Gasteiger partial charge in [-0.05, 0) is 42.3 Å². The van der Waals surface area contributed by atoms with Crippen LogP contribution in [0.25, 0.3) is 0 Å². The summed E-state index contributed by atoms with van der Waals surface area (Å²) in [5.74, 6) is 0.665. The van der Waals surface area contributed by atoms with Gasteiger partial charge in [0.05, 0.1) is 0 Å². The number of carbonyl (C=O) groups is 1. The van der Waals surface area contributed by atoms with Crippen LogP contribution < -0.4 is 20.9 Å².